The molecule has 0 unspecified atom stereocenters. The zero-order chi connectivity index (χ0) is 25.4. The number of carbonyl (C=O) groups excluding carboxylic acids is 1. The molecule has 0 aromatic heterocycles. The normalized spacial score (nSPS) is 17.8. The minimum atomic E-state index is -4.23. The second kappa shape index (κ2) is 9.65. The Balaban J connectivity index is 1.66. The van der Waals surface area contributed by atoms with Crippen molar-refractivity contribution in [2.45, 2.75) is 18.0 Å². The number of piperazine rings is 1. The Morgan fingerprint density at radius 1 is 0.861 bits per heavy atom. The molecule has 2 aliphatic rings. The number of phenolic OH excluding ortho intramolecular Hbond substituents is 1. The number of hydrogen-bond donors (Lipinski definition) is 1. The van der Waals surface area contributed by atoms with Crippen LogP contribution < -0.4 is 9.80 Å². The lowest BCUT2D eigenvalue weighted by molar-refractivity contribution is 0.226. The van der Waals surface area contributed by atoms with Crippen molar-refractivity contribution in [1.82, 2.24) is 9.21 Å². The fourth-order valence-electron chi connectivity index (χ4n) is 4.65. The molecule has 0 atom stereocenters. The molecule has 8 nitrogen and oxygen atoms in total. The van der Waals surface area contributed by atoms with Gasteiger partial charge in [0.1, 0.15) is 10.6 Å². The summed E-state index contributed by atoms with van der Waals surface area (Å²) in [4.78, 5) is 19.5. The lowest BCUT2D eigenvalue weighted by atomic mass is 10.1. The lowest BCUT2D eigenvalue weighted by Gasteiger charge is -2.40. The maximum atomic E-state index is 14.1. The molecule has 0 spiro atoms. The van der Waals surface area contributed by atoms with Gasteiger partial charge in [0.15, 0.2) is 0 Å². The number of halogens is 1. The molecule has 5 rings (SSSR count). The van der Waals surface area contributed by atoms with Crippen LogP contribution in [0.3, 0.4) is 0 Å². The molecule has 10 heteroatoms. The summed E-state index contributed by atoms with van der Waals surface area (Å²) in [5, 5.41) is 10.3. The van der Waals surface area contributed by atoms with E-state index in [1.165, 1.54) is 17.0 Å². The monoisotopic (exact) mass is 526 g/mol. The molecule has 0 aliphatic carbocycles. The predicted octanol–water partition coefficient (Wildman–Crippen LogP) is 4.13. The zero-order valence-electron chi connectivity index (χ0n) is 19.8. The molecular weight excluding hydrogens is 500 g/mol. The van der Waals surface area contributed by atoms with Gasteiger partial charge in [0.05, 0.1) is 24.5 Å². The number of fused-ring (bicyclic) bond motifs is 1. The van der Waals surface area contributed by atoms with Crippen molar-refractivity contribution in [2.24, 2.45) is 0 Å². The van der Waals surface area contributed by atoms with Gasteiger partial charge in [0.2, 0.25) is 0 Å². The standard InChI is InChI=1S/C26H27ClN4O4S/c1-28-10-12-29(13-11-28)23-15-21(27)16-24-25(23)36(34,35)31(18-20-8-5-9-22(32)14-20)26(33)30(24)17-19-6-3-2-4-7-19/h2-9,14-16,32H,10-13,17-18H2,1H3. The summed E-state index contributed by atoms with van der Waals surface area (Å²) in [5.74, 6) is 0.000746. The van der Waals surface area contributed by atoms with Crippen LogP contribution in [0.1, 0.15) is 11.1 Å². The Morgan fingerprint density at radius 2 is 1.53 bits per heavy atom. The van der Waals surface area contributed by atoms with E-state index in [0.717, 1.165) is 23.0 Å². The number of carbonyl (C=O) groups is 1. The zero-order valence-corrected chi connectivity index (χ0v) is 21.4. The first-order valence-corrected chi connectivity index (χ1v) is 13.5. The van der Waals surface area contributed by atoms with Crippen LogP contribution in [0, 0.1) is 0 Å². The third kappa shape index (κ3) is 4.61. The van der Waals surface area contributed by atoms with Crippen molar-refractivity contribution >= 4 is 39.0 Å². The Hall–Kier alpha value is -3.27. The van der Waals surface area contributed by atoms with Gasteiger partial charge < -0.3 is 14.9 Å². The van der Waals surface area contributed by atoms with Gasteiger partial charge >= 0.3 is 6.03 Å². The Kier molecular flexibility index (Phi) is 6.55. The number of phenols is 1. The number of likely N-dealkylation sites (N-methyl/N-ethyl adjacent to an activating group) is 1. The van der Waals surface area contributed by atoms with E-state index in [-0.39, 0.29) is 29.4 Å². The van der Waals surface area contributed by atoms with E-state index in [0.29, 0.717) is 29.4 Å². The van der Waals surface area contributed by atoms with E-state index >= 15 is 0 Å². The number of anilines is 2. The summed E-state index contributed by atoms with van der Waals surface area (Å²) in [6.07, 6.45) is 0. The first-order valence-electron chi connectivity index (χ1n) is 11.7. The van der Waals surface area contributed by atoms with Crippen molar-refractivity contribution in [3.05, 3.63) is 82.9 Å². The number of rotatable bonds is 5. The third-order valence-corrected chi connectivity index (χ3v) is 8.58. The summed E-state index contributed by atoms with van der Waals surface area (Å²) in [6.45, 7) is 2.81. The van der Waals surface area contributed by atoms with Gasteiger partial charge in [-0.15, -0.1) is 0 Å². The van der Waals surface area contributed by atoms with Crippen LogP contribution in [-0.2, 0) is 23.1 Å². The van der Waals surface area contributed by atoms with Crippen molar-refractivity contribution in [3.8, 4) is 5.75 Å². The number of urea groups is 1. The van der Waals surface area contributed by atoms with E-state index in [1.54, 1.807) is 24.3 Å². The van der Waals surface area contributed by atoms with Crippen LogP contribution in [-0.4, -0.2) is 62.0 Å². The molecule has 2 amide bonds. The highest BCUT2D eigenvalue weighted by Gasteiger charge is 2.44. The highest BCUT2D eigenvalue weighted by Crippen LogP contribution is 2.44. The quantitative estimate of drug-likeness (QED) is 0.538. The number of sulfonamides is 1. The lowest BCUT2D eigenvalue weighted by Crippen LogP contribution is -2.51. The van der Waals surface area contributed by atoms with Gasteiger partial charge in [-0.05, 0) is 42.4 Å². The highest BCUT2D eigenvalue weighted by atomic mass is 35.5. The summed E-state index contributed by atoms with van der Waals surface area (Å²) < 4.78 is 29.0. The van der Waals surface area contributed by atoms with E-state index < -0.39 is 16.1 Å². The van der Waals surface area contributed by atoms with Gasteiger partial charge in [-0.2, -0.15) is 0 Å². The molecule has 0 saturated carbocycles. The highest BCUT2D eigenvalue weighted by molar-refractivity contribution is 7.90. The molecule has 3 aromatic carbocycles. The van der Waals surface area contributed by atoms with Crippen LogP contribution in [0.15, 0.2) is 71.6 Å². The maximum absolute atomic E-state index is 14.1. The SMILES string of the molecule is CN1CCN(c2cc(Cl)cc3c2S(=O)(=O)N(Cc2cccc(O)c2)C(=O)N3Cc2ccccc2)CC1. The van der Waals surface area contributed by atoms with Gasteiger partial charge in [0.25, 0.3) is 10.0 Å². The van der Waals surface area contributed by atoms with Crippen LogP contribution in [0.4, 0.5) is 16.2 Å². The van der Waals surface area contributed by atoms with Crippen molar-refractivity contribution in [1.29, 1.82) is 0 Å². The predicted molar refractivity (Wildman–Crippen MR) is 140 cm³/mol. The number of aromatic hydroxyl groups is 1. The molecular formula is C26H27ClN4O4S. The fourth-order valence-corrected chi connectivity index (χ4v) is 6.59. The molecule has 36 heavy (non-hydrogen) atoms. The Morgan fingerprint density at radius 3 is 2.22 bits per heavy atom. The van der Waals surface area contributed by atoms with Crippen LogP contribution in [0.25, 0.3) is 0 Å². The van der Waals surface area contributed by atoms with E-state index in [2.05, 4.69) is 4.90 Å². The van der Waals surface area contributed by atoms with E-state index in [9.17, 15) is 18.3 Å². The van der Waals surface area contributed by atoms with E-state index in [1.807, 2.05) is 42.3 Å². The third-order valence-electron chi connectivity index (χ3n) is 6.56. The Labute approximate surface area is 216 Å². The second-order valence-electron chi connectivity index (χ2n) is 9.10. The second-order valence-corrected chi connectivity index (χ2v) is 11.3. The molecule has 2 heterocycles. The molecule has 0 bridgehead atoms. The van der Waals surface area contributed by atoms with Gasteiger partial charge in [-0.25, -0.2) is 17.5 Å². The summed E-state index contributed by atoms with van der Waals surface area (Å²) in [6, 6.07) is 18.2. The molecule has 3 aromatic rings. The smallest absolute Gasteiger partial charge is 0.339 e. The van der Waals surface area contributed by atoms with Gasteiger partial charge in [0, 0.05) is 31.2 Å². The molecule has 1 saturated heterocycles. The molecule has 2 aliphatic heterocycles. The first-order chi connectivity index (χ1) is 17.2. The number of benzene rings is 3. The van der Waals surface area contributed by atoms with Gasteiger partial charge in [-0.1, -0.05) is 54.1 Å². The average Bonchev–Trinajstić information content (AvgIpc) is 2.85. The summed E-state index contributed by atoms with van der Waals surface area (Å²) in [5.41, 5.74) is 2.13. The number of amides is 2. The minimum Gasteiger partial charge on any atom is -0.508 e. The van der Waals surface area contributed by atoms with Crippen molar-refractivity contribution < 1.29 is 18.3 Å². The average molecular weight is 527 g/mol. The van der Waals surface area contributed by atoms with Gasteiger partial charge in [-0.3, -0.25) is 4.90 Å². The largest absolute Gasteiger partial charge is 0.508 e. The summed E-state index contributed by atoms with van der Waals surface area (Å²) >= 11 is 6.51. The molecule has 0 radical (unpaired) electrons. The van der Waals surface area contributed by atoms with Crippen LogP contribution in [0.2, 0.25) is 5.02 Å². The van der Waals surface area contributed by atoms with Crippen molar-refractivity contribution in [2.75, 3.05) is 43.0 Å². The maximum Gasteiger partial charge on any atom is 0.339 e. The molecule has 1 N–H and O–H groups in total. The molecule has 188 valence electrons. The van der Waals surface area contributed by atoms with Crippen LogP contribution in [0.5, 0.6) is 5.75 Å². The van der Waals surface area contributed by atoms with E-state index in [4.69, 9.17) is 11.6 Å². The Bertz CT molecular complexity index is 1390. The topological polar surface area (TPSA) is 84.4 Å². The van der Waals surface area contributed by atoms with Crippen molar-refractivity contribution in [3.63, 3.8) is 0 Å². The fraction of sp³-hybridized carbons (Fsp3) is 0.269. The number of hydrogen-bond acceptors (Lipinski definition) is 6. The number of nitrogens with zero attached hydrogens (tertiary/aromatic N) is 4. The first kappa shape index (κ1) is 24.4. The molecule has 1 fully saturated rings. The summed E-state index contributed by atoms with van der Waals surface area (Å²) in [7, 11) is -2.21. The van der Waals surface area contributed by atoms with Crippen LogP contribution >= 0.6 is 11.6 Å². The minimum absolute atomic E-state index is 0.000746.